The maximum absolute atomic E-state index is 12.4. The fourth-order valence-corrected chi connectivity index (χ4v) is 4.01. The van der Waals surface area contributed by atoms with Gasteiger partial charge in [0.2, 0.25) is 15.9 Å². The Bertz CT molecular complexity index is 966. The van der Waals surface area contributed by atoms with E-state index in [-0.39, 0.29) is 11.6 Å². The van der Waals surface area contributed by atoms with Gasteiger partial charge in [0.05, 0.1) is 30.7 Å². The number of hydrogen-bond acceptors (Lipinski definition) is 5. The first-order valence-corrected chi connectivity index (χ1v) is 11.8. The summed E-state index contributed by atoms with van der Waals surface area (Å²) < 4.78 is 36.1. The van der Waals surface area contributed by atoms with Crippen molar-refractivity contribution >= 4 is 33.2 Å². The van der Waals surface area contributed by atoms with Crippen molar-refractivity contribution in [2.75, 3.05) is 37.4 Å². The Labute approximate surface area is 183 Å². The molecular formula is C21H27ClN2O5S. The molecule has 0 aromatic heterocycles. The van der Waals surface area contributed by atoms with Gasteiger partial charge in [0.1, 0.15) is 18.0 Å². The minimum atomic E-state index is -3.68. The number of amides is 1. The van der Waals surface area contributed by atoms with Crippen molar-refractivity contribution in [2.24, 2.45) is 0 Å². The predicted molar refractivity (Wildman–Crippen MR) is 119 cm³/mol. The molecular weight excluding hydrogens is 428 g/mol. The summed E-state index contributed by atoms with van der Waals surface area (Å²) in [7, 11) is -2.21. The number of aryl methyl sites for hydroxylation is 1. The highest BCUT2D eigenvalue weighted by Gasteiger charge is 2.21. The molecule has 0 saturated carbocycles. The molecule has 0 spiro atoms. The van der Waals surface area contributed by atoms with Crippen molar-refractivity contribution in [3.63, 3.8) is 0 Å². The number of carbonyl (C=O) groups is 1. The molecule has 30 heavy (non-hydrogen) atoms. The van der Waals surface area contributed by atoms with Gasteiger partial charge in [0.15, 0.2) is 0 Å². The van der Waals surface area contributed by atoms with Crippen LogP contribution >= 0.6 is 11.6 Å². The van der Waals surface area contributed by atoms with Gasteiger partial charge in [-0.2, -0.15) is 0 Å². The standard InChI is InChI=1S/C21H27ClN2O5S/c1-4-29-19-10-6-5-8-16(19)9-7-13-23-21(25)15-24(30(3,26)27)17-11-12-20(28-2)18(22)14-17/h5-6,8,10-12,14H,4,7,9,13,15H2,1-3H3,(H,23,25). The lowest BCUT2D eigenvalue weighted by molar-refractivity contribution is -0.119. The molecule has 0 bridgehead atoms. The first kappa shape index (κ1) is 23.8. The fraction of sp³-hybridized carbons (Fsp3) is 0.381. The van der Waals surface area contributed by atoms with Crippen LogP contribution in [0.15, 0.2) is 42.5 Å². The molecule has 0 aliphatic carbocycles. The zero-order valence-corrected chi connectivity index (χ0v) is 18.9. The van der Waals surface area contributed by atoms with Gasteiger partial charge in [-0.3, -0.25) is 9.10 Å². The quantitative estimate of drug-likeness (QED) is 0.527. The summed E-state index contributed by atoms with van der Waals surface area (Å²) in [5.41, 5.74) is 1.36. The molecule has 164 valence electrons. The number of carbonyl (C=O) groups excluding carboxylic acids is 1. The second kappa shape index (κ2) is 11.1. The van der Waals surface area contributed by atoms with Crippen LogP contribution in [0.5, 0.6) is 11.5 Å². The van der Waals surface area contributed by atoms with Gasteiger partial charge in [-0.15, -0.1) is 0 Å². The number of nitrogens with one attached hydrogen (secondary N) is 1. The molecule has 0 radical (unpaired) electrons. The summed E-state index contributed by atoms with van der Waals surface area (Å²) >= 11 is 6.10. The zero-order chi connectivity index (χ0) is 22.1. The average Bonchev–Trinajstić information content (AvgIpc) is 2.70. The molecule has 0 aliphatic heterocycles. The largest absolute Gasteiger partial charge is 0.495 e. The van der Waals surface area contributed by atoms with E-state index in [1.807, 2.05) is 31.2 Å². The third kappa shape index (κ3) is 6.81. The summed E-state index contributed by atoms with van der Waals surface area (Å²) in [5, 5.41) is 3.03. The minimum absolute atomic E-state index is 0.261. The minimum Gasteiger partial charge on any atom is -0.495 e. The van der Waals surface area contributed by atoms with Crippen molar-refractivity contribution in [1.29, 1.82) is 0 Å². The predicted octanol–water partition coefficient (Wildman–Crippen LogP) is 3.26. The monoisotopic (exact) mass is 454 g/mol. The Morgan fingerprint density at radius 1 is 1.17 bits per heavy atom. The molecule has 0 heterocycles. The van der Waals surface area contributed by atoms with Crippen molar-refractivity contribution in [3.8, 4) is 11.5 Å². The van der Waals surface area contributed by atoms with E-state index in [2.05, 4.69) is 5.32 Å². The number of methoxy groups -OCH3 is 1. The van der Waals surface area contributed by atoms with Crippen molar-refractivity contribution in [3.05, 3.63) is 53.1 Å². The first-order chi connectivity index (χ1) is 14.3. The molecule has 7 nitrogen and oxygen atoms in total. The maximum atomic E-state index is 12.4. The number of para-hydroxylation sites is 1. The summed E-state index contributed by atoms with van der Waals surface area (Å²) in [6.07, 6.45) is 2.48. The maximum Gasteiger partial charge on any atom is 0.240 e. The topological polar surface area (TPSA) is 84.9 Å². The highest BCUT2D eigenvalue weighted by molar-refractivity contribution is 7.92. The lowest BCUT2D eigenvalue weighted by Crippen LogP contribution is -2.40. The second-order valence-electron chi connectivity index (χ2n) is 6.58. The van der Waals surface area contributed by atoms with Crippen LogP contribution in [0.4, 0.5) is 5.69 Å². The molecule has 1 amide bonds. The average molecular weight is 455 g/mol. The van der Waals surface area contributed by atoms with Crippen LogP contribution in [0, 0.1) is 0 Å². The Hall–Kier alpha value is -2.45. The molecule has 9 heteroatoms. The van der Waals surface area contributed by atoms with E-state index in [0.29, 0.717) is 31.0 Å². The van der Waals surface area contributed by atoms with Crippen LogP contribution in [-0.2, 0) is 21.2 Å². The van der Waals surface area contributed by atoms with Gasteiger partial charge < -0.3 is 14.8 Å². The van der Waals surface area contributed by atoms with E-state index >= 15 is 0 Å². The van der Waals surface area contributed by atoms with Gasteiger partial charge in [-0.05, 0) is 49.6 Å². The number of halogens is 1. The Balaban J connectivity index is 1.95. The lowest BCUT2D eigenvalue weighted by atomic mass is 10.1. The molecule has 0 unspecified atom stereocenters. The number of benzene rings is 2. The summed E-state index contributed by atoms with van der Waals surface area (Å²) in [5.74, 6) is 0.863. The van der Waals surface area contributed by atoms with Crippen molar-refractivity contribution in [1.82, 2.24) is 5.32 Å². The molecule has 0 saturated heterocycles. The van der Waals surface area contributed by atoms with Gasteiger partial charge in [0.25, 0.3) is 0 Å². The third-order valence-corrected chi connectivity index (χ3v) is 5.76. The number of hydrogen-bond donors (Lipinski definition) is 1. The number of nitrogens with zero attached hydrogens (tertiary/aromatic N) is 1. The molecule has 2 aromatic rings. The van der Waals surface area contributed by atoms with Gasteiger partial charge in [-0.1, -0.05) is 29.8 Å². The normalized spacial score (nSPS) is 11.1. The highest BCUT2D eigenvalue weighted by atomic mass is 35.5. The Kier molecular flexibility index (Phi) is 8.80. The van der Waals surface area contributed by atoms with E-state index in [1.54, 1.807) is 12.1 Å². The van der Waals surface area contributed by atoms with E-state index in [4.69, 9.17) is 21.1 Å². The first-order valence-electron chi connectivity index (χ1n) is 9.55. The van der Waals surface area contributed by atoms with Crippen molar-refractivity contribution in [2.45, 2.75) is 19.8 Å². The number of ether oxygens (including phenoxy) is 2. The van der Waals surface area contributed by atoms with Crippen molar-refractivity contribution < 1.29 is 22.7 Å². The van der Waals surface area contributed by atoms with Crippen LogP contribution < -0.4 is 19.1 Å². The molecule has 0 aliphatic rings. The summed E-state index contributed by atoms with van der Waals surface area (Å²) in [6, 6.07) is 12.3. The Morgan fingerprint density at radius 2 is 1.90 bits per heavy atom. The van der Waals surface area contributed by atoms with E-state index < -0.39 is 15.9 Å². The van der Waals surface area contributed by atoms with Crippen LogP contribution in [0.1, 0.15) is 18.9 Å². The van der Waals surface area contributed by atoms with Crippen LogP contribution in [0.3, 0.4) is 0 Å². The number of anilines is 1. The summed E-state index contributed by atoms with van der Waals surface area (Å²) in [4.78, 5) is 12.4. The Morgan fingerprint density at radius 3 is 2.53 bits per heavy atom. The van der Waals surface area contributed by atoms with Gasteiger partial charge >= 0.3 is 0 Å². The highest BCUT2D eigenvalue weighted by Crippen LogP contribution is 2.30. The molecule has 0 fully saturated rings. The smallest absolute Gasteiger partial charge is 0.240 e. The molecule has 1 N–H and O–H groups in total. The summed E-state index contributed by atoms with van der Waals surface area (Å²) in [6.45, 7) is 2.60. The number of rotatable bonds is 11. The van der Waals surface area contributed by atoms with Gasteiger partial charge in [0, 0.05) is 6.54 Å². The fourth-order valence-electron chi connectivity index (χ4n) is 2.91. The second-order valence-corrected chi connectivity index (χ2v) is 8.90. The molecule has 0 atom stereocenters. The van der Waals surface area contributed by atoms with E-state index in [1.165, 1.54) is 13.2 Å². The van der Waals surface area contributed by atoms with Crippen LogP contribution in [-0.4, -0.2) is 47.4 Å². The molecule has 2 aromatic carbocycles. The lowest BCUT2D eigenvalue weighted by Gasteiger charge is -2.22. The SMILES string of the molecule is CCOc1ccccc1CCCNC(=O)CN(c1ccc(OC)c(Cl)c1)S(C)(=O)=O. The van der Waals surface area contributed by atoms with Crippen LogP contribution in [0.25, 0.3) is 0 Å². The van der Waals surface area contributed by atoms with Crippen LogP contribution in [0.2, 0.25) is 5.02 Å². The number of sulfonamides is 1. The molecule has 2 rings (SSSR count). The van der Waals surface area contributed by atoms with E-state index in [0.717, 1.165) is 28.3 Å². The third-order valence-electron chi connectivity index (χ3n) is 4.33. The zero-order valence-electron chi connectivity index (χ0n) is 17.4. The van der Waals surface area contributed by atoms with E-state index in [9.17, 15) is 13.2 Å². The van der Waals surface area contributed by atoms with Gasteiger partial charge in [-0.25, -0.2) is 8.42 Å².